The molecular formula is C17H23N5O. The molecule has 6 heteroatoms. The van der Waals surface area contributed by atoms with Crippen LogP contribution in [0, 0.1) is 19.8 Å². The Labute approximate surface area is 136 Å². The molecule has 0 radical (unpaired) electrons. The van der Waals surface area contributed by atoms with E-state index in [2.05, 4.69) is 57.4 Å². The maximum atomic E-state index is 11.8. The van der Waals surface area contributed by atoms with Crippen LogP contribution < -0.4 is 5.32 Å². The second-order valence-electron chi connectivity index (χ2n) is 6.35. The smallest absolute Gasteiger partial charge is 0.288 e. The monoisotopic (exact) mass is 313 g/mol. The standard InChI is InChI=1S/C17H23N5O/c1-12-3-4-14(7-13(12)2)9-22-6-5-15(10-22)8-18-17(23)16-19-11-20-21-16/h3-4,7,11,15H,5-6,8-10H2,1-2H3,(H,18,23)(H,19,20,21). The van der Waals surface area contributed by atoms with Crippen LogP contribution in [0.25, 0.3) is 0 Å². The third-order valence-corrected chi connectivity index (χ3v) is 4.53. The van der Waals surface area contributed by atoms with Gasteiger partial charge in [-0.3, -0.25) is 14.8 Å². The summed E-state index contributed by atoms with van der Waals surface area (Å²) in [5.41, 5.74) is 4.04. The molecular weight excluding hydrogens is 290 g/mol. The number of carbonyl (C=O) groups excluding carboxylic acids is 1. The predicted molar refractivity (Wildman–Crippen MR) is 88.0 cm³/mol. The van der Waals surface area contributed by atoms with Crippen molar-refractivity contribution in [2.24, 2.45) is 5.92 Å². The first-order chi connectivity index (χ1) is 11.1. The van der Waals surface area contributed by atoms with Crippen LogP contribution in [-0.2, 0) is 6.54 Å². The van der Waals surface area contributed by atoms with Crippen molar-refractivity contribution >= 4 is 5.91 Å². The fourth-order valence-corrected chi connectivity index (χ4v) is 3.02. The minimum absolute atomic E-state index is 0.185. The Morgan fingerprint density at radius 3 is 3.00 bits per heavy atom. The molecule has 2 heterocycles. The summed E-state index contributed by atoms with van der Waals surface area (Å²) in [4.78, 5) is 18.2. The van der Waals surface area contributed by atoms with E-state index in [1.807, 2.05) is 0 Å². The van der Waals surface area contributed by atoms with Gasteiger partial charge >= 0.3 is 0 Å². The molecule has 0 spiro atoms. The van der Waals surface area contributed by atoms with E-state index in [1.54, 1.807) is 0 Å². The zero-order chi connectivity index (χ0) is 16.2. The molecule has 122 valence electrons. The summed E-state index contributed by atoms with van der Waals surface area (Å²) in [5.74, 6) is 0.582. The van der Waals surface area contributed by atoms with E-state index < -0.39 is 0 Å². The van der Waals surface area contributed by atoms with Gasteiger partial charge < -0.3 is 5.32 Å². The molecule has 1 atom stereocenters. The molecule has 1 aromatic heterocycles. The molecule has 1 fully saturated rings. The van der Waals surface area contributed by atoms with Crippen LogP contribution >= 0.6 is 0 Å². The Kier molecular flexibility index (Phi) is 4.71. The van der Waals surface area contributed by atoms with E-state index in [0.717, 1.165) is 26.1 Å². The Bertz CT molecular complexity index is 668. The van der Waals surface area contributed by atoms with Gasteiger partial charge in [-0.05, 0) is 49.4 Å². The number of benzene rings is 1. The van der Waals surface area contributed by atoms with Gasteiger partial charge in [-0.2, -0.15) is 5.10 Å². The van der Waals surface area contributed by atoms with Gasteiger partial charge in [-0.1, -0.05) is 18.2 Å². The lowest BCUT2D eigenvalue weighted by Gasteiger charge is -2.17. The quantitative estimate of drug-likeness (QED) is 0.880. The molecule has 0 aliphatic carbocycles. The van der Waals surface area contributed by atoms with E-state index >= 15 is 0 Å². The van der Waals surface area contributed by atoms with Crippen molar-refractivity contribution in [2.75, 3.05) is 19.6 Å². The molecule has 6 nitrogen and oxygen atoms in total. The number of aromatic amines is 1. The average molecular weight is 313 g/mol. The van der Waals surface area contributed by atoms with Gasteiger partial charge in [-0.15, -0.1) is 0 Å². The Morgan fingerprint density at radius 2 is 2.26 bits per heavy atom. The Morgan fingerprint density at radius 1 is 1.39 bits per heavy atom. The third kappa shape index (κ3) is 3.96. The summed E-state index contributed by atoms with van der Waals surface area (Å²) in [5, 5.41) is 9.20. The highest BCUT2D eigenvalue weighted by Gasteiger charge is 2.23. The first-order valence-corrected chi connectivity index (χ1v) is 8.04. The lowest BCUT2D eigenvalue weighted by Crippen LogP contribution is -2.31. The fraction of sp³-hybridized carbons (Fsp3) is 0.471. The molecule has 1 aromatic carbocycles. The van der Waals surface area contributed by atoms with Gasteiger partial charge in [0.05, 0.1) is 0 Å². The van der Waals surface area contributed by atoms with Gasteiger partial charge in [-0.25, -0.2) is 4.98 Å². The normalized spacial score (nSPS) is 18.3. The zero-order valence-corrected chi connectivity index (χ0v) is 13.7. The van der Waals surface area contributed by atoms with E-state index in [1.165, 1.54) is 23.0 Å². The van der Waals surface area contributed by atoms with E-state index in [-0.39, 0.29) is 11.7 Å². The van der Waals surface area contributed by atoms with Crippen LogP contribution in [0.2, 0.25) is 0 Å². The molecule has 0 saturated carbocycles. The number of amides is 1. The van der Waals surface area contributed by atoms with Crippen molar-refractivity contribution in [3.63, 3.8) is 0 Å². The molecule has 23 heavy (non-hydrogen) atoms. The van der Waals surface area contributed by atoms with E-state index in [4.69, 9.17) is 0 Å². The molecule has 2 N–H and O–H groups in total. The highest BCUT2D eigenvalue weighted by atomic mass is 16.2. The molecule has 2 aromatic rings. The van der Waals surface area contributed by atoms with Gasteiger partial charge in [0.25, 0.3) is 5.91 Å². The SMILES string of the molecule is Cc1ccc(CN2CCC(CNC(=O)c3ncn[nH]3)C2)cc1C. The second kappa shape index (κ2) is 6.91. The van der Waals surface area contributed by atoms with Crippen molar-refractivity contribution in [1.82, 2.24) is 25.4 Å². The number of hydrogen-bond acceptors (Lipinski definition) is 4. The molecule has 1 aliphatic heterocycles. The minimum atomic E-state index is -0.185. The highest BCUT2D eigenvalue weighted by Crippen LogP contribution is 2.19. The number of rotatable bonds is 5. The highest BCUT2D eigenvalue weighted by molar-refractivity contribution is 5.90. The summed E-state index contributed by atoms with van der Waals surface area (Å²) in [6, 6.07) is 6.67. The lowest BCUT2D eigenvalue weighted by molar-refractivity contribution is 0.0937. The number of nitrogens with zero attached hydrogens (tertiary/aromatic N) is 3. The first-order valence-electron chi connectivity index (χ1n) is 8.04. The molecule has 1 amide bonds. The van der Waals surface area contributed by atoms with Crippen LogP contribution in [-0.4, -0.2) is 45.6 Å². The number of hydrogen-bond donors (Lipinski definition) is 2. The summed E-state index contributed by atoms with van der Waals surface area (Å²) in [7, 11) is 0. The van der Waals surface area contributed by atoms with Crippen molar-refractivity contribution in [3.8, 4) is 0 Å². The third-order valence-electron chi connectivity index (χ3n) is 4.53. The molecule has 1 saturated heterocycles. The number of aromatic nitrogens is 3. The van der Waals surface area contributed by atoms with Gasteiger partial charge in [0, 0.05) is 19.6 Å². The fourth-order valence-electron chi connectivity index (χ4n) is 3.02. The zero-order valence-electron chi connectivity index (χ0n) is 13.7. The number of carbonyl (C=O) groups is 1. The summed E-state index contributed by atoms with van der Waals surface area (Å²) in [6.07, 6.45) is 2.46. The van der Waals surface area contributed by atoms with Crippen molar-refractivity contribution in [2.45, 2.75) is 26.8 Å². The van der Waals surface area contributed by atoms with Gasteiger partial charge in [0.15, 0.2) is 0 Å². The molecule has 1 aliphatic rings. The Balaban J connectivity index is 1.46. The molecule has 3 rings (SSSR count). The summed E-state index contributed by atoms with van der Waals surface area (Å²) < 4.78 is 0. The van der Waals surface area contributed by atoms with Crippen molar-refractivity contribution in [3.05, 3.63) is 47.0 Å². The lowest BCUT2D eigenvalue weighted by atomic mass is 10.1. The topological polar surface area (TPSA) is 73.9 Å². The van der Waals surface area contributed by atoms with Crippen LogP contribution in [0.15, 0.2) is 24.5 Å². The number of H-pyrrole nitrogens is 1. The van der Waals surface area contributed by atoms with Crippen LogP contribution in [0.5, 0.6) is 0 Å². The largest absolute Gasteiger partial charge is 0.349 e. The number of likely N-dealkylation sites (tertiary alicyclic amines) is 1. The molecule has 0 bridgehead atoms. The second-order valence-corrected chi connectivity index (χ2v) is 6.35. The summed E-state index contributed by atoms with van der Waals surface area (Å²) >= 11 is 0. The van der Waals surface area contributed by atoms with E-state index in [0.29, 0.717) is 12.5 Å². The van der Waals surface area contributed by atoms with E-state index in [9.17, 15) is 4.79 Å². The average Bonchev–Trinajstić information content (AvgIpc) is 3.20. The van der Waals surface area contributed by atoms with Gasteiger partial charge in [0.2, 0.25) is 5.82 Å². The summed E-state index contributed by atoms with van der Waals surface area (Å²) in [6.45, 7) is 8.06. The molecule has 1 unspecified atom stereocenters. The van der Waals surface area contributed by atoms with Crippen molar-refractivity contribution in [1.29, 1.82) is 0 Å². The van der Waals surface area contributed by atoms with Crippen molar-refractivity contribution < 1.29 is 4.79 Å². The van der Waals surface area contributed by atoms with Crippen LogP contribution in [0.3, 0.4) is 0 Å². The minimum Gasteiger partial charge on any atom is -0.349 e. The van der Waals surface area contributed by atoms with Gasteiger partial charge in [0.1, 0.15) is 6.33 Å². The Hall–Kier alpha value is -2.21. The number of nitrogens with one attached hydrogen (secondary N) is 2. The maximum Gasteiger partial charge on any atom is 0.288 e. The maximum absolute atomic E-state index is 11.8. The van der Waals surface area contributed by atoms with Crippen LogP contribution in [0.1, 0.15) is 33.7 Å². The predicted octanol–water partition coefficient (Wildman–Crippen LogP) is 1.67. The van der Waals surface area contributed by atoms with Crippen LogP contribution in [0.4, 0.5) is 0 Å². The first kappa shape index (κ1) is 15.7. The number of aryl methyl sites for hydroxylation is 2.